The highest BCUT2D eigenvalue weighted by atomic mass is 15.4. The Bertz CT molecular complexity index is 174. The predicted octanol–water partition coefficient (Wildman–Crippen LogP) is 2.67. The lowest BCUT2D eigenvalue weighted by Crippen LogP contribution is -2.05. The minimum atomic E-state index is 1.06. The predicted molar refractivity (Wildman–Crippen MR) is 55.5 cm³/mol. The van der Waals surface area contributed by atoms with Crippen molar-refractivity contribution in [2.75, 3.05) is 14.1 Å². The van der Waals surface area contributed by atoms with Crippen LogP contribution in [0.4, 0.5) is 0 Å². The summed E-state index contributed by atoms with van der Waals surface area (Å²) >= 11 is 0. The van der Waals surface area contributed by atoms with E-state index in [9.17, 15) is 0 Å². The fourth-order valence-corrected chi connectivity index (χ4v) is 0.961. The summed E-state index contributed by atoms with van der Waals surface area (Å²) in [5.41, 5.74) is 2.57. The summed E-state index contributed by atoms with van der Waals surface area (Å²) in [7, 11) is 3.90. The van der Waals surface area contributed by atoms with Gasteiger partial charge in [-0.25, -0.2) is 0 Å². The third-order valence-electron chi connectivity index (χ3n) is 1.43. The first-order valence-corrected chi connectivity index (χ1v) is 4.37. The quantitative estimate of drug-likeness (QED) is 0.358. The van der Waals surface area contributed by atoms with Crippen LogP contribution in [0.1, 0.15) is 33.6 Å². The smallest absolute Gasteiger partial charge is 0.0352 e. The Morgan fingerprint density at radius 3 is 2.25 bits per heavy atom. The Kier molecular flexibility index (Phi) is 5.43. The van der Waals surface area contributed by atoms with E-state index in [1.54, 1.807) is 0 Å². The Hall–Kier alpha value is -0.790. The number of hydrazone groups is 1. The minimum Gasteiger partial charge on any atom is -0.303 e. The molecule has 0 saturated carbocycles. The fourth-order valence-electron chi connectivity index (χ4n) is 0.961. The molecular formula is C10H20N2. The van der Waals surface area contributed by atoms with E-state index in [4.69, 9.17) is 0 Å². The van der Waals surface area contributed by atoms with E-state index in [0.29, 0.717) is 0 Å². The number of hydrogen-bond donors (Lipinski definition) is 0. The molecule has 2 heteroatoms. The summed E-state index contributed by atoms with van der Waals surface area (Å²) in [6.07, 6.45) is 4.41. The van der Waals surface area contributed by atoms with Crippen molar-refractivity contribution in [3.8, 4) is 0 Å². The molecule has 0 aliphatic heterocycles. The number of allylic oxidation sites excluding steroid dienone is 2. The van der Waals surface area contributed by atoms with E-state index in [-0.39, 0.29) is 0 Å². The summed E-state index contributed by atoms with van der Waals surface area (Å²) in [6.45, 7) is 6.32. The molecule has 0 saturated heterocycles. The second kappa shape index (κ2) is 5.81. The van der Waals surface area contributed by atoms with Gasteiger partial charge in [0.2, 0.25) is 0 Å². The molecule has 0 aromatic carbocycles. The van der Waals surface area contributed by atoms with Gasteiger partial charge in [0.1, 0.15) is 0 Å². The van der Waals surface area contributed by atoms with Crippen LogP contribution >= 0.6 is 0 Å². The number of nitrogens with zero attached hydrogens (tertiary/aromatic N) is 2. The van der Waals surface area contributed by atoms with Gasteiger partial charge in [0.15, 0.2) is 0 Å². The van der Waals surface area contributed by atoms with Gasteiger partial charge in [-0.1, -0.05) is 11.6 Å². The van der Waals surface area contributed by atoms with E-state index < -0.39 is 0 Å². The zero-order chi connectivity index (χ0) is 9.56. The van der Waals surface area contributed by atoms with Crippen LogP contribution in [-0.4, -0.2) is 24.8 Å². The zero-order valence-corrected chi connectivity index (χ0v) is 8.89. The maximum atomic E-state index is 4.29. The third-order valence-corrected chi connectivity index (χ3v) is 1.43. The van der Waals surface area contributed by atoms with Gasteiger partial charge < -0.3 is 5.01 Å². The fraction of sp³-hybridized carbons (Fsp3) is 0.700. The summed E-state index contributed by atoms with van der Waals surface area (Å²) in [6, 6.07) is 0. The molecule has 0 aliphatic rings. The molecule has 12 heavy (non-hydrogen) atoms. The second-order valence-electron chi connectivity index (χ2n) is 3.50. The van der Waals surface area contributed by atoms with Crippen LogP contribution in [-0.2, 0) is 0 Å². The van der Waals surface area contributed by atoms with Crippen LogP contribution in [0.15, 0.2) is 16.8 Å². The monoisotopic (exact) mass is 168 g/mol. The van der Waals surface area contributed by atoms with Gasteiger partial charge in [0.05, 0.1) is 0 Å². The lowest BCUT2D eigenvalue weighted by atomic mass is 10.2. The number of hydrogen-bond acceptors (Lipinski definition) is 2. The van der Waals surface area contributed by atoms with Crippen molar-refractivity contribution < 1.29 is 0 Å². The van der Waals surface area contributed by atoms with Crippen molar-refractivity contribution in [3.63, 3.8) is 0 Å². The van der Waals surface area contributed by atoms with Crippen LogP contribution in [0, 0.1) is 0 Å². The van der Waals surface area contributed by atoms with Crippen LogP contribution in [0.25, 0.3) is 0 Å². The molecule has 0 spiro atoms. The molecule has 0 heterocycles. The van der Waals surface area contributed by atoms with E-state index in [1.807, 2.05) is 19.1 Å². The Labute approximate surface area is 76.0 Å². The normalized spacial score (nSPS) is 11.2. The Balaban J connectivity index is 3.71. The van der Waals surface area contributed by atoms with Crippen molar-refractivity contribution in [1.29, 1.82) is 0 Å². The first-order chi connectivity index (χ1) is 5.52. The molecule has 0 radical (unpaired) electrons. The molecule has 0 atom stereocenters. The molecule has 0 aliphatic carbocycles. The van der Waals surface area contributed by atoms with Gasteiger partial charge in [-0.3, -0.25) is 0 Å². The van der Waals surface area contributed by atoms with Crippen molar-refractivity contribution in [3.05, 3.63) is 11.6 Å². The summed E-state index contributed by atoms with van der Waals surface area (Å²) in [4.78, 5) is 0. The highest BCUT2D eigenvalue weighted by Crippen LogP contribution is 1.99. The second-order valence-corrected chi connectivity index (χ2v) is 3.50. The summed E-state index contributed by atoms with van der Waals surface area (Å²) < 4.78 is 0. The van der Waals surface area contributed by atoms with Crippen molar-refractivity contribution in [2.45, 2.75) is 33.6 Å². The molecule has 0 fully saturated rings. The third kappa shape index (κ3) is 7.32. The van der Waals surface area contributed by atoms with E-state index in [2.05, 4.69) is 31.9 Å². The molecule has 0 aromatic heterocycles. The van der Waals surface area contributed by atoms with Crippen LogP contribution in [0.2, 0.25) is 0 Å². The molecule has 0 aromatic rings. The maximum absolute atomic E-state index is 4.29. The molecule has 0 bridgehead atoms. The lowest BCUT2D eigenvalue weighted by Gasteiger charge is -2.05. The number of rotatable bonds is 4. The molecule has 0 amide bonds. The van der Waals surface area contributed by atoms with Gasteiger partial charge in [-0.15, -0.1) is 0 Å². The highest BCUT2D eigenvalue weighted by Gasteiger charge is 1.90. The van der Waals surface area contributed by atoms with E-state index in [1.165, 1.54) is 11.3 Å². The average molecular weight is 168 g/mol. The zero-order valence-electron chi connectivity index (χ0n) is 8.89. The highest BCUT2D eigenvalue weighted by molar-refractivity contribution is 5.81. The molecule has 70 valence electrons. The molecule has 0 N–H and O–H groups in total. The van der Waals surface area contributed by atoms with Gasteiger partial charge in [0, 0.05) is 19.8 Å². The van der Waals surface area contributed by atoms with Gasteiger partial charge >= 0.3 is 0 Å². The van der Waals surface area contributed by atoms with Crippen LogP contribution < -0.4 is 0 Å². The van der Waals surface area contributed by atoms with Gasteiger partial charge in [-0.05, 0) is 33.6 Å². The molecule has 0 rings (SSSR count). The van der Waals surface area contributed by atoms with Crippen molar-refractivity contribution in [1.82, 2.24) is 5.01 Å². The summed E-state index contributed by atoms with van der Waals surface area (Å²) in [5, 5.41) is 6.14. The first kappa shape index (κ1) is 11.2. The molecule has 0 unspecified atom stereocenters. The van der Waals surface area contributed by atoms with E-state index in [0.717, 1.165) is 12.8 Å². The van der Waals surface area contributed by atoms with Crippen molar-refractivity contribution >= 4 is 5.71 Å². The van der Waals surface area contributed by atoms with Crippen molar-refractivity contribution in [2.24, 2.45) is 5.10 Å². The average Bonchev–Trinajstić information content (AvgIpc) is 1.84. The topological polar surface area (TPSA) is 15.6 Å². The minimum absolute atomic E-state index is 1.06. The molecule has 2 nitrogen and oxygen atoms in total. The van der Waals surface area contributed by atoms with Crippen LogP contribution in [0.3, 0.4) is 0 Å². The largest absolute Gasteiger partial charge is 0.303 e. The van der Waals surface area contributed by atoms with Crippen LogP contribution in [0.5, 0.6) is 0 Å². The summed E-state index contributed by atoms with van der Waals surface area (Å²) in [5.74, 6) is 0. The lowest BCUT2D eigenvalue weighted by molar-refractivity contribution is 0.436. The van der Waals surface area contributed by atoms with Gasteiger partial charge in [0.25, 0.3) is 0 Å². The van der Waals surface area contributed by atoms with Gasteiger partial charge in [-0.2, -0.15) is 5.10 Å². The standard InChI is InChI=1S/C10H20N2/c1-9(2)7-6-8-10(3)11-12(4)5/h7H,6,8H2,1-5H3/b11-10+. The maximum Gasteiger partial charge on any atom is 0.0352 e. The first-order valence-electron chi connectivity index (χ1n) is 4.37. The Morgan fingerprint density at radius 2 is 1.83 bits per heavy atom. The Morgan fingerprint density at radius 1 is 1.25 bits per heavy atom. The molecular weight excluding hydrogens is 148 g/mol. The SMILES string of the molecule is CC(C)=CCC/C(C)=N/N(C)C. The van der Waals surface area contributed by atoms with E-state index >= 15 is 0 Å².